The van der Waals surface area contributed by atoms with Gasteiger partial charge in [-0.05, 0) is 48.4 Å². The summed E-state index contributed by atoms with van der Waals surface area (Å²) in [5, 5.41) is 5.93. The van der Waals surface area contributed by atoms with Gasteiger partial charge in [-0.25, -0.2) is 13.4 Å². The fourth-order valence-corrected chi connectivity index (χ4v) is 4.56. The molecule has 0 bridgehead atoms. The van der Waals surface area contributed by atoms with E-state index in [0.717, 1.165) is 41.0 Å². The van der Waals surface area contributed by atoms with Crippen LogP contribution in [0.25, 0.3) is 22.5 Å². The Labute approximate surface area is 214 Å². The normalized spacial score (nSPS) is 13.9. The molecule has 2 N–H and O–H groups in total. The maximum absolute atomic E-state index is 13.0. The zero-order valence-electron chi connectivity index (χ0n) is 20.0. The first-order valence-corrected chi connectivity index (χ1v) is 13.1. The maximum atomic E-state index is 13.0. The highest BCUT2D eigenvalue weighted by Gasteiger charge is 2.31. The Morgan fingerprint density at radius 3 is 2.66 bits per heavy atom. The van der Waals surface area contributed by atoms with Crippen molar-refractivity contribution in [2.24, 2.45) is 4.40 Å². The first-order chi connectivity index (χ1) is 17.9. The lowest BCUT2D eigenvalue weighted by molar-refractivity contribution is -0.137. The lowest BCUT2D eigenvalue weighted by Gasteiger charge is -2.19. The van der Waals surface area contributed by atoms with E-state index in [1.165, 1.54) is 6.20 Å². The number of hydrogen-bond acceptors (Lipinski definition) is 7. The zero-order valence-corrected chi connectivity index (χ0v) is 20.9. The Kier molecular flexibility index (Phi) is 6.13. The number of aryl methyl sites for hydroxylation is 1. The molecule has 10 nitrogen and oxygen atoms in total. The molecule has 0 saturated heterocycles. The molecule has 0 fully saturated rings. The second-order valence-corrected chi connectivity index (χ2v) is 10.3. The second kappa shape index (κ2) is 9.20. The molecule has 38 heavy (non-hydrogen) atoms. The van der Waals surface area contributed by atoms with Crippen molar-refractivity contribution >= 4 is 27.4 Å². The van der Waals surface area contributed by atoms with Crippen LogP contribution in [0.3, 0.4) is 0 Å². The van der Waals surface area contributed by atoms with E-state index in [1.807, 2.05) is 17.6 Å². The minimum atomic E-state index is -4.60. The number of nitrogens with one attached hydrogen (secondary N) is 2. The molecule has 0 spiro atoms. The Bertz CT molecular complexity index is 1730. The summed E-state index contributed by atoms with van der Waals surface area (Å²) < 4.78 is 67.7. The number of sulfonamides is 1. The molecule has 0 atom stereocenters. The number of hydrogen-bond donors (Lipinski definition) is 2. The standard InChI is InChI=1S/C24H20F3N7O3S/c1-13-3-4-16(31-22(35)19-10-15(5-6-28-19)24(25,26)27)11-17(13)18-9-14-12-30-23(33-38(2,36)37)32-20(14)34-8-7-29-21(18)34/h3-6,9-12,29H,7-8H2,1-2H3,(H,31,35)/b33-23-. The highest BCUT2D eigenvalue weighted by atomic mass is 32.2. The van der Waals surface area contributed by atoms with Gasteiger partial charge in [0.1, 0.15) is 17.3 Å². The van der Waals surface area contributed by atoms with Crippen LogP contribution in [0.2, 0.25) is 0 Å². The molecule has 0 unspecified atom stereocenters. The summed E-state index contributed by atoms with van der Waals surface area (Å²) in [6.07, 6.45) is -1.21. The molecule has 4 heterocycles. The summed E-state index contributed by atoms with van der Waals surface area (Å²) in [6, 6.07) is 8.49. The van der Waals surface area contributed by atoms with Crippen molar-refractivity contribution in [3.8, 4) is 22.5 Å². The number of fused-ring (bicyclic) bond motifs is 3. The molecule has 1 amide bonds. The Balaban J connectivity index is 1.55. The number of pyridine rings is 2. The molecule has 196 valence electrons. The molecule has 1 aromatic heterocycles. The number of carbonyl (C=O) groups is 1. The lowest BCUT2D eigenvalue weighted by Crippen LogP contribution is -2.19. The van der Waals surface area contributed by atoms with Gasteiger partial charge < -0.3 is 15.2 Å². The van der Waals surface area contributed by atoms with Gasteiger partial charge in [-0.1, -0.05) is 6.07 Å². The predicted octanol–water partition coefficient (Wildman–Crippen LogP) is 3.31. The van der Waals surface area contributed by atoms with Gasteiger partial charge >= 0.3 is 6.18 Å². The number of amides is 1. The SMILES string of the molecule is Cc1ccc(NC(=O)c2cc(C(F)(F)F)ccn2)cc1-c1cc2cn/c(=N/S(C)(=O)=O)nc-2n2c1NCC2. The monoisotopic (exact) mass is 543 g/mol. The van der Waals surface area contributed by atoms with Crippen LogP contribution in [0.5, 0.6) is 0 Å². The van der Waals surface area contributed by atoms with Crippen LogP contribution >= 0.6 is 0 Å². The fraction of sp³-hybridized carbons (Fsp3) is 0.208. The van der Waals surface area contributed by atoms with Crippen molar-refractivity contribution in [3.05, 3.63) is 71.2 Å². The molecular formula is C24H20F3N7O3S. The van der Waals surface area contributed by atoms with Crippen LogP contribution in [0.4, 0.5) is 24.7 Å². The molecule has 5 rings (SSSR count). The Morgan fingerprint density at radius 2 is 1.92 bits per heavy atom. The van der Waals surface area contributed by atoms with Crippen LogP contribution in [0, 0.1) is 6.92 Å². The van der Waals surface area contributed by atoms with Gasteiger partial charge in [0.2, 0.25) is 0 Å². The third-order valence-electron chi connectivity index (χ3n) is 5.84. The number of halogens is 3. The minimum absolute atomic E-state index is 0.168. The van der Waals surface area contributed by atoms with Crippen LogP contribution < -0.4 is 16.3 Å². The van der Waals surface area contributed by atoms with E-state index < -0.39 is 27.7 Å². The number of anilines is 2. The van der Waals surface area contributed by atoms with Crippen LogP contribution in [0.1, 0.15) is 21.6 Å². The first-order valence-electron chi connectivity index (χ1n) is 11.3. The highest BCUT2D eigenvalue weighted by Crippen LogP contribution is 2.39. The number of carbonyl (C=O) groups excluding carboxylic acids is 1. The van der Waals surface area contributed by atoms with Gasteiger partial charge in [-0.2, -0.15) is 18.2 Å². The quantitative estimate of drug-likeness (QED) is 0.404. The smallest absolute Gasteiger partial charge is 0.369 e. The number of rotatable bonds is 4. The van der Waals surface area contributed by atoms with E-state index >= 15 is 0 Å². The molecule has 0 aliphatic carbocycles. The maximum Gasteiger partial charge on any atom is 0.416 e. The van der Waals surface area contributed by atoms with Gasteiger partial charge in [-0.3, -0.25) is 9.78 Å². The van der Waals surface area contributed by atoms with E-state index in [4.69, 9.17) is 0 Å². The van der Waals surface area contributed by atoms with Gasteiger partial charge in [0.25, 0.3) is 21.5 Å². The third kappa shape index (κ3) is 5.07. The summed E-state index contributed by atoms with van der Waals surface area (Å²) in [6.45, 7) is 3.05. The van der Waals surface area contributed by atoms with Crippen molar-refractivity contribution in [3.63, 3.8) is 0 Å². The topological polar surface area (TPSA) is 131 Å². The molecule has 14 heteroatoms. The Morgan fingerprint density at radius 1 is 1.13 bits per heavy atom. The fourth-order valence-electron chi connectivity index (χ4n) is 4.17. The highest BCUT2D eigenvalue weighted by molar-refractivity contribution is 7.89. The average Bonchev–Trinajstić information content (AvgIpc) is 3.34. The third-order valence-corrected chi connectivity index (χ3v) is 6.34. The molecular weight excluding hydrogens is 523 g/mol. The summed E-state index contributed by atoms with van der Waals surface area (Å²) >= 11 is 0. The van der Waals surface area contributed by atoms with Crippen molar-refractivity contribution in [2.45, 2.75) is 19.6 Å². The van der Waals surface area contributed by atoms with E-state index in [2.05, 4.69) is 30.0 Å². The van der Waals surface area contributed by atoms with Crippen molar-refractivity contribution in [2.75, 3.05) is 23.4 Å². The largest absolute Gasteiger partial charge is 0.416 e. The zero-order chi connectivity index (χ0) is 27.2. The van der Waals surface area contributed by atoms with E-state index in [1.54, 1.807) is 18.2 Å². The number of aromatic nitrogens is 4. The minimum Gasteiger partial charge on any atom is -0.369 e. The lowest BCUT2D eigenvalue weighted by atomic mass is 9.98. The van der Waals surface area contributed by atoms with Gasteiger partial charge in [0, 0.05) is 42.3 Å². The molecule has 1 aromatic carbocycles. The molecule has 3 aliphatic rings. The van der Waals surface area contributed by atoms with Gasteiger partial charge in [0.15, 0.2) is 0 Å². The van der Waals surface area contributed by atoms with Crippen LogP contribution in [-0.2, 0) is 22.7 Å². The summed E-state index contributed by atoms with van der Waals surface area (Å²) in [7, 11) is -3.68. The van der Waals surface area contributed by atoms with Gasteiger partial charge in [-0.15, -0.1) is 4.40 Å². The molecule has 0 radical (unpaired) electrons. The van der Waals surface area contributed by atoms with E-state index in [0.29, 0.717) is 36.2 Å². The molecule has 0 saturated carbocycles. The summed E-state index contributed by atoms with van der Waals surface area (Å²) in [5.74, 6) is 0.453. The van der Waals surface area contributed by atoms with Crippen molar-refractivity contribution in [1.82, 2.24) is 19.5 Å². The van der Waals surface area contributed by atoms with Crippen molar-refractivity contribution in [1.29, 1.82) is 0 Å². The molecule has 3 aliphatic heterocycles. The van der Waals surface area contributed by atoms with Gasteiger partial charge in [0.05, 0.1) is 11.8 Å². The average molecular weight is 544 g/mol. The van der Waals surface area contributed by atoms with Crippen LogP contribution in [0.15, 0.2) is 53.2 Å². The van der Waals surface area contributed by atoms with E-state index in [-0.39, 0.29) is 11.3 Å². The first kappa shape index (κ1) is 25.3. The number of nitrogens with zero attached hydrogens (tertiary/aromatic N) is 5. The summed E-state index contributed by atoms with van der Waals surface area (Å²) in [5.41, 5.74) is 1.91. The second-order valence-electron chi connectivity index (χ2n) is 8.67. The molecule has 2 aromatic rings. The van der Waals surface area contributed by atoms with Crippen LogP contribution in [-0.4, -0.2) is 46.6 Å². The predicted molar refractivity (Wildman–Crippen MR) is 133 cm³/mol. The summed E-state index contributed by atoms with van der Waals surface area (Å²) in [4.78, 5) is 24.8. The number of alkyl halides is 3. The van der Waals surface area contributed by atoms with E-state index in [9.17, 15) is 26.4 Å². The number of benzene rings is 1. The van der Waals surface area contributed by atoms with Crippen molar-refractivity contribution < 1.29 is 26.4 Å². The Hall–Kier alpha value is -4.33.